The molecule has 4 nitrogen and oxygen atoms in total. The number of pyridine rings is 1. The molecule has 0 atom stereocenters. The van der Waals surface area contributed by atoms with E-state index in [2.05, 4.69) is 10.3 Å². The Hall–Kier alpha value is -2.27. The molecule has 1 N–H and O–H groups in total. The molecule has 0 radical (unpaired) electrons. The number of para-hydroxylation sites is 1. The molecular formula is C22H24Cl2N2O2. The molecule has 0 unspecified atom stereocenters. The van der Waals surface area contributed by atoms with Crippen molar-refractivity contribution in [2.24, 2.45) is 0 Å². The van der Waals surface area contributed by atoms with Crippen molar-refractivity contribution in [3.05, 3.63) is 88.7 Å². The molecule has 0 saturated carbocycles. The summed E-state index contributed by atoms with van der Waals surface area (Å²) in [6, 6.07) is 19.5. The average Bonchev–Trinajstić information content (AvgIpc) is 2.70. The fraction of sp³-hybridized carbons (Fsp3) is 0.227. The summed E-state index contributed by atoms with van der Waals surface area (Å²) in [5, 5.41) is 4.11. The third-order valence-corrected chi connectivity index (χ3v) is 4.41. The van der Waals surface area contributed by atoms with E-state index in [9.17, 15) is 0 Å². The SMILES string of the molecule is CCOc1cccc(CNCc2ccccn2)c1OCc1ccccc1Cl.Cl. The molecule has 0 fully saturated rings. The van der Waals surface area contributed by atoms with Crippen LogP contribution in [0.25, 0.3) is 0 Å². The fourth-order valence-corrected chi connectivity index (χ4v) is 2.92. The zero-order chi connectivity index (χ0) is 18.9. The molecule has 0 aliphatic carbocycles. The number of benzene rings is 2. The highest BCUT2D eigenvalue weighted by Gasteiger charge is 2.12. The minimum Gasteiger partial charge on any atom is -0.490 e. The normalized spacial score (nSPS) is 10.2. The number of hydrogen-bond acceptors (Lipinski definition) is 4. The van der Waals surface area contributed by atoms with Crippen molar-refractivity contribution in [1.82, 2.24) is 10.3 Å². The number of aromatic nitrogens is 1. The fourth-order valence-electron chi connectivity index (χ4n) is 2.73. The van der Waals surface area contributed by atoms with E-state index in [4.69, 9.17) is 21.1 Å². The molecule has 0 spiro atoms. The van der Waals surface area contributed by atoms with Gasteiger partial charge in [-0.2, -0.15) is 0 Å². The van der Waals surface area contributed by atoms with Gasteiger partial charge in [0.05, 0.1) is 12.3 Å². The predicted octanol–water partition coefficient (Wildman–Crippen LogP) is 5.42. The molecule has 0 aliphatic heterocycles. The summed E-state index contributed by atoms with van der Waals surface area (Å²) < 4.78 is 11.9. The molecule has 28 heavy (non-hydrogen) atoms. The summed E-state index contributed by atoms with van der Waals surface area (Å²) in [6.07, 6.45) is 1.80. The van der Waals surface area contributed by atoms with E-state index in [-0.39, 0.29) is 12.4 Å². The summed E-state index contributed by atoms with van der Waals surface area (Å²) in [4.78, 5) is 4.33. The molecule has 0 amide bonds. The summed E-state index contributed by atoms with van der Waals surface area (Å²) >= 11 is 6.25. The van der Waals surface area contributed by atoms with E-state index in [1.165, 1.54) is 0 Å². The molecule has 3 rings (SSSR count). The second-order valence-electron chi connectivity index (χ2n) is 5.98. The Balaban J connectivity index is 0.00000280. The van der Waals surface area contributed by atoms with Crippen LogP contribution in [0.2, 0.25) is 5.02 Å². The summed E-state index contributed by atoms with van der Waals surface area (Å²) in [7, 11) is 0. The third-order valence-electron chi connectivity index (χ3n) is 4.04. The van der Waals surface area contributed by atoms with Gasteiger partial charge in [-0.15, -0.1) is 12.4 Å². The van der Waals surface area contributed by atoms with Crippen LogP contribution in [0.1, 0.15) is 23.7 Å². The Labute approximate surface area is 177 Å². The maximum Gasteiger partial charge on any atom is 0.166 e. The lowest BCUT2D eigenvalue weighted by Crippen LogP contribution is -2.15. The van der Waals surface area contributed by atoms with Gasteiger partial charge >= 0.3 is 0 Å². The average molecular weight is 419 g/mol. The summed E-state index contributed by atoms with van der Waals surface area (Å²) in [5.41, 5.74) is 2.97. The Kier molecular flexibility index (Phi) is 9.08. The first-order valence-corrected chi connectivity index (χ1v) is 9.37. The minimum atomic E-state index is 0. The van der Waals surface area contributed by atoms with E-state index >= 15 is 0 Å². The largest absolute Gasteiger partial charge is 0.490 e. The summed E-state index contributed by atoms with van der Waals surface area (Å²) in [6.45, 7) is 4.26. The first-order chi connectivity index (χ1) is 13.3. The monoisotopic (exact) mass is 418 g/mol. The highest BCUT2D eigenvalue weighted by Crippen LogP contribution is 2.32. The molecule has 1 heterocycles. The first kappa shape index (κ1) is 22.0. The molecule has 0 bridgehead atoms. The van der Waals surface area contributed by atoms with Crippen LogP contribution in [-0.2, 0) is 19.7 Å². The number of ether oxygens (including phenoxy) is 2. The first-order valence-electron chi connectivity index (χ1n) is 8.99. The van der Waals surface area contributed by atoms with Gasteiger partial charge in [0.15, 0.2) is 11.5 Å². The third kappa shape index (κ3) is 6.13. The van der Waals surface area contributed by atoms with Gasteiger partial charge in [0.1, 0.15) is 6.61 Å². The van der Waals surface area contributed by atoms with Gasteiger partial charge < -0.3 is 14.8 Å². The lowest BCUT2D eigenvalue weighted by molar-refractivity contribution is 0.266. The Morgan fingerprint density at radius 3 is 2.43 bits per heavy atom. The number of nitrogens with one attached hydrogen (secondary N) is 1. The Morgan fingerprint density at radius 1 is 0.893 bits per heavy atom. The van der Waals surface area contributed by atoms with Gasteiger partial charge in [0.2, 0.25) is 0 Å². The number of nitrogens with zero attached hydrogens (tertiary/aromatic N) is 1. The van der Waals surface area contributed by atoms with Crippen molar-refractivity contribution in [3.8, 4) is 11.5 Å². The second kappa shape index (κ2) is 11.5. The standard InChI is InChI=1S/C22H23ClN2O2.ClH/c1-2-26-21-12-7-9-17(14-24-15-19-10-5-6-13-25-19)22(21)27-16-18-8-3-4-11-20(18)23;/h3-13,24H,2,14-16H2,1H3;1H. The lowest BCUT2D eigenvalue weighted by atomic mass is 10.1. The van der Waals surface area contributed by atoms with Crippen molar-refractivity contribution >= 4 is 24.0 Å². The quantitative estimate of drug-likeness (QED) is 0.503. The lowest BCUT2D eigenvalue weighted by Gasteiger charge is -2.17. The van der Waals surface area contributed by atoms with Gasteiger partial charge in [-0.1, -0.05) is 48.0 Å². The summed E-state index contributed by atoms with van der Waals surface area (Å²) in [5.74, 6) is 1.48. The van der Waals surface area contributed by atoms with Crippen LogP contribution >= 0.6 is 24.0 Å². The van der Waals surface area contributed by atoms with E-state index in [1.54, 1.807) is 6.20 Å². The molecule has 6 heteroatoms. The van der Waals surface area contributed by atoms with Crippen LogP contribution in [0.3, 0.4) is 0 Å². The molecule has 0 aliphatic rings. The van der Waals surface area contributed by atoms with Gasteiger partial charge in [-0.3, -0.25) is 4.98 Å². The van der Waals surface area contributed by atoms with Crippen LogP contribution in [-0.4, -0.2) is 11.6 Å². The van der Waals surface area contributed by atoms with Crippen LogP contribution in [0.15, 0.2) is 66.9 Å². The van der Waals surface area contributed by atoms with Crippen molar-refractivity contribution in [2.45, 2.75) is 26.6 Å². The van der Waals surface area contributed by atoms with Gasteiger partial charge in [0, 0.05) is 35.4 Å². The highest BCUT2D eigenvalue weighted by molar-refractivity contribution is 6.31. The van der Waals surface area contributed by atoms with Crippen LogP contribution < -0.4 is 14.8 Å². The highest BCUT2D eigenvalue weighted by atomic mass is 35.5. The van der Waals surface area contributed by atoms with Crippen LogP contribution in [0, 0.1) is 0 Å². The van der Waals surface area contributed by atoms with Crippen molar-refractivity contribution in [2.75, 3.05) is 6.61 Å². The molecule has 3 aromatic rings. The van der Waals surface area contributed by atoms with Gasteiger partial charge in [-0.05, 0) is 31.2 Å². The minimum absolute atomic E-state index is 0. The maximum atomic E-state index is 6.25. The smallest absolute Gasteiger partial charge is 0.166 e. The van der Waals surface area contributed by atoms with Crippen molar-refractivity contribution in [3.63, 3.8) is 0 Å². The molecule has 1 aromatic heterocycles. The van der Waals surface area contributed by atoms with Crippen molar-refractivity contribution < 1.29 is 9.47 Å². The zero-order valence-corrected chi connectivity index (χ0v) is 17.3. The number of halogens is 2. The molecule has 148 valence electrons. The van der Waals surface area contributed by atoms with Crippen molar-refractivity contribution in [1.29, 1.82) is 0 Å². The van der Waals surface area contributed by atoms with E-state index < -0.39 is 0 Å². The zero-order valence-electron chi connectivity index (χ0n) is 15.7. The topological polar surface area (TPSA) is 43.4 Å². The molecular weight excluding hydrogens is 395 g/mol. The molecule has 0 saturated heterocycles. The van der Waals surface area contributed by atoms with Gasteiger partial charge in [0.25, 0.3) is 0 Å². The maximum absolute atomic E-state index is 6.25. The predicted molar refractivity (Wildman–Crippen MR) is 115 cm³/mol. The van der Waals surface area contributed by atoms with E-state index in [1.807, 2.05) is 67.6 Å². The second-order valence-corrected chi connectivity index (χ2v) is 6.39. The van der Waals surface area contributed by atoms with E-state index in [0.717, 1.165) is 28.3 Å². The Bertz CT molecular complexity index is 860. The Morgan fingerprint density at radius 2 is 1.68 bits per heavy atom. The van der Waals surface area contributed by atoms with E-state index in [0.29, 0.717) is 31.3 Å². The van der Waals surface area contributed by atoms with Crippen LogP contribution in [0.4, 0.5) is 0 Å². The van der Waals surface area contributed by atoms with Crippen LogP contribution in [0.5, 0.6) is 11.5 Å². The van der Waals surface area contributed by atoms with Gasteiger partial charge in [-0.25, -0.2) is 0 Å². The molecule has 2 aromatic carbocycles. The number of rotatable bonds is 9. The number of hydrogen-bond donors (Lipinski definition) is 1.